The van der Waals surface area contributed by atoms with E-state index in [2.05, 4.69) is 25.9 Å². The third-order valence-electron chi connectivity index (χ3n) is 1.65. The van der Waals surface area contributed by atoms with E-state index in [9.17, 15) is 8.78 Å². The summed E-state index contributed by atoms with van der Waals surface area (Å²) in [6, 6.07) is 0. The van der Waals surface area contributed by atoms with Gasteiger partial charge in [-0.25, -0.2) is 18.7 Å². The second kappa shape index (κ2) is 5.92. The highest BCUT2D eigenvalue weighted by molar-refractivity contribution is 9.10. The van der Waals surface area contributed by atoms with Gasteiger partial charge in [-0.3, -0.25) is 0 Å². The van der Waals surface area contributed by atoms with Gasteiger partial charge in [0, 0.05) is 25.5 Å². The van der Waals surface area contributed by atoms with Gasteiger partial charge in [0.05, 0.1) is 11.0 Å². The molecule has 0 spiro atoms. The summed E-state index contributed by atoms with van der Waals surface area (Å²) in [7, 11) is 0. The van der Waals surface area contributed by atoms with Gasteiger partial charge in [0.2, 0.25) is 5.95 Å². The number of nitrogens with zero attached hydrogens (tertiary/aromatic N) is 3. The van der Waals surface area contributed by atoms with Crippen LogP contribution in [0.4, 0.5) is 14.7 Å². The van der Waals surface area contributed by atoms with Crippen molar-refractivity contribution >= 4 is 21.9 Å². The Bertz CT molecular complexity index is 293. The fraction of sp³-hybridized carbons (Fsp3) is 0.500. The van der Waals surface area contributed by atoms with Crippen molar-refractivity contribution < 1.29 is 8.78 Å². The summed E-state index contributed by atoms with van der Waals surface area (Å²) in [6.45, 7) is 0.191. The third kappa shape index (κ3) is 4.05. The molecule has 1 aromatic rings. The van der Waals surface area contributed by atoms with Crippen LogP contribution < -0.4 is 10.6 Å². The molecule has 0 unspecified atom stereocenters. The zero-order valence-electron chi connectivity index (χ0n) is 7.91. The zero-order valence-corrected chi connectivity index (χ0v) is 9.49. The van der Waals surface area contributed by atoms with E-state index in [1.54, 1.807) is 0 Å². The Morgan fingerprint density at radius 3 is 2.47 bits per heavy atom. The molecule has 7 heteroatoms. The molecule has 0 atom stereocenters. The molecule has 2 N–H and O–H groups in total. The Kier molecular flexibility index (Phi) is 4.83. The zero-order chi connectivity index (χ0) is 11.3. The van der Waals surface area contributed by atoms with Crippen LogP contribution in [0.15, 0.2) is 16.9 Å². The van der Waals surface area contributed by atoms with Crippen LogP contribution in [0.3, 0.4) is 0 Å². The van der Waals surface area contributed by atoms with Gasteiger partial charge in [0.25, 0.3) is 6.43 Å². The highest BCUT2D eigenvalue weighted by Gasteiger charge is 2.14. The van der Waals surface area contributed by atoms with Crippen molar-refractivity contribution in [2.75, 3.05) is 24.5 Å². The Balaban J connectivity index is 2.74. The summed E-state index contributed by atoms with van der Waals surface area (Å²) in [5.41, 5.74) is 5.32. The van der Waals surface area contributed by atoms with Crippen LogP contribution in [-0.4, -0.2) is 36.0 Å². The number of hydrogen-bond acceptors (Lipinski definition) is 4. The minimum absolute atomic E-state index is 0.268. The first kappa shape index (κ1) is 12.3. The monoisotopic (exact) mass is 280 g/mol. The van der Waals surface area contributed by atoms with E-state index in [1.165, 1.54) is 17.3 Å². The number of nitrogens with two attached hydrogens (primary N) is 1. The minimum Gasteiger partial charge on any atom is -0.334 e. The average Bonchev–Trinajstić information content (AvgIpc) is 2.17. The first-order valence-corrected chi connectivity index (χ1v) is 5.13. The molecule has 4 nitrogen and oxygen atoms in total. The van der Waals surface area contributed by atoms with Crippen LogP contribution in [0.2, 0.25) is 0 Å². The van der Waals surface area contributed by atoms with Crippen molar-refractivity contribution in [2.45, 2.75) is 6.43 Å². The Morgan fingerprint density at radius 1 is 1.40 bits per heavy atom. The molecule has 1 heterocycles. The lowest BCUT2D eigenvalue weighted by molar-refractivity contribution is 0.154. The maximum Gasteiger partial charge on any atom is 0.255 e. The molecule has 0 aromatic carbocycles. The highest BCUT2D eigenvalue weighted by Crippen LogP contribution is 2.11. The molecule has 0 bridgehead atoms. The fourth-order valence-corrected chi connectivity index (χ4v) is 1.27. The topological polar surface area (TPSA) is 55.0 Å². The van der Waals surface area contributed by atoms with Crippen LogP contribution in [0.1, 0.15) is 0 Å². The average molecular weight is 281 g/mol. The molecule has 1 rings (SSSR count). The first-order chi connectivity index (χ1) is 7.13. The van der Waals surface area contributed by atoms with Crippen molar-refractivity contribution in [2.24, 2.45) is 5.73 Å². The minimum atomic E-state index is -2.43. The Hall–Kier alpha value is -0.820. The molecule has 0 saturated heterocycles. The van der Waals surface area contributed by atoms with Gasteiger partial charge < -0.3 is 10.6 Å². The number of alkyl halides is 2. The highest BCUT2D eigenvalue weighted by atomic mass is 79.9. The number of aromatic nitrogens is 2. The molecule has 0 amide bonds. The maximum atomic E-state index is 12.2. The maximum absolute atomic E-state index is 12.2. The van der Waals surface area contributed by atoms with Crippen molar-refractivity contribution in [1.82, 2.24) is 9.97 Å². The van der Waals surface area contributed by atoms with Crippen LogP contribution >= 0.6 is 15.9 Å². The van der Waals surface area contributed by atoms with Crippen molar-refractivity contribution in [3.05, 3.63) is 16.9 Å². The lowest BCUT2D eigenvalue weighted by Crippen LogP contribution is -2.34. The molecule has 0 fully saturated rings. The molecule has 0 radical (unpaired) electrons. The van der Waals surface area contributed by atoms with E-state index < -0.39 is 13.0 Å². The molecule has 0 aliphatic heterocycles. The summed E-state index contributed by atoms with van der Waals surface area (Å²) < 4.78 is 25.2. The van der Waals surface area contributed by atoms with Crippen molar-refractivity contribution in [3.63, 3.8) is 0 Å². The molecule has 0 aliphatic carbocycles. The molecular weight excluding hydrogens is 270 g/mol. The van der Waals surface area contributed by atoms with E-state index in [0.29, 0.717) is 11.0 Å². The van der Waals surface area contributed by atoms with Gasteiger partial charge in [-0.2, -0.15) is 0 Å². The third-order valence-corrected chi connectivity index (χ3v) is 2.06. The van der Waals surface area contributed by atoms with Crippen LogP contribution in [0.5, 0.6) is 0 Å². The fourth-order valence-electron chi connectivity index (χ4n) is 1.06. The van der Waals surface area contributed by atoms with Crippen LogP contribution in [0, 0.1) is 0 Å². The van der Waals surface area contributed by atoms with Gasteiger partial charge in [0.1, 0.15) is 0 Å². The van der Waals surface area contributed by atoms with Gasteiger partial charge >= 0.3 is 0 Å². The Morgan fingerprint density at radius 2 is 2.00 bits per heavy atom. The summed E-state index contributed by atoms with van der Waals surface area (Å²) >= 11 is 3.17. The second-order valence-corrected chi connectivity index (χ2v) is 3.74. The largest absolute Gasteiger partial charge is 0.334 e. The van der Waals surface area contributed by atoms with Gasteiger partial charge in [-0.1, -0.05) is 0 Å². The van der Waals surface area contributed by atoms with E-state index in [4.69, 9.17) is 5.73 Å². The molecule has 15 heavy (non-hydrogen) atoms. The predicted molar refractivity (Wildman–Crippen MR) is 57.0 cm³/mol. The molecule has 1 aromatic heterocycles. The summed E-state index contributed by atoms with van der Waals surface area (Å²) in [6.07, 6.45) is 0.595. The van der Waals surface area contributed by atoms with Gasteiger partial charge in [0.15, 0.2) is 0 Å². The quantitative estimate of drug-likeness (QED) is 0.883. The summed E-state index contributed by atoms with van der Waals surface area (Å²) in [5.74, 6) is 0.268. The van der Waals surface area contributed by atoms with E-state index in [1.807, 2.05) is 0 Å². The summed E-state index contributed by atoms with van der Waals surface area (Å²) in [5, 5.41) is 0. The molecule has 0 saturated carbocycles. The molecule has 0 aliphatic rings. The van der Waals surface area contributed by atoms with Crippen molar-refractivity contribution in [1.29, 1.82) is 0 Å². The second-order valence-electron chi connectivity index (χ2n) is 2.83. The van der Waals surface area contributed by atoms with Gasteiger partial charge in [-0.15, -0.1) is 0 Å². The van der Waals surface area contributed by atoms with Gasteiger partial charge in [-0.05, 0) is 15.9 Å². The van der Waals surface area contributed by atoms with E-state index in [-0.39, 0.29) is 12.5 Å². The normalized spacial score (nSPS) is 10.7. The molecular formula is C8H11BrF2N4. The number of rotatable bonds is 5. The predicted octanol–water partition coefficient (Wildman–Crippen LogP) is 1.27. The first-order valence-electron chi connectivity index (χ1n) is 4.34. The van der Waals surface area contributed by atoms with Crippen LogP contribution in [0.25, 0.3) is 0 Å². The van der Waals surface area contributed by atoms with Crippen molar-refractivity contribution in [3.8, 4) is 0 Å². The smallest absolute Gasteiger partial charge is 0.255 e. The Labute approximate surface area is 94.6 Å². The summed E-state index contributed by atoms with van der Waals surface area (Å²) in [4.78, 5) is 9.22. The van der Waals surface area contributed by atoms with E-state index >= 15 is 0 Å². The number of hydrogen-bond donors (Lipinski definition) is 1. The SMILES string of the molecule is NCCN(CC(F)F)c1ncc(Br)cn1. The van der Waals surface area contributed by atoms with Crippen LogP contribution in [-0.2, 0) is 0 Å². The lowest BCUT2D eigenvalue weighted by Gasteiger charge is -2.20. The lowest BCUT2D eigenvalue weighted by atomic mass is 10.5. The number of anilines is 1. The number of halogens is 3. The standard InChI is InChI=1S/C8H11BrF2N4/c9-6-3-13-8(14-4-6)15(2-1-12)5-7(10)11/h3-4,7H,1-2,5,12H2. The molecule has 84 valence electrons. The van der Waals surface area contributed by atoms with E-state index in [0.717, 1.165) is 0 Å².